The van der Waals surface area contributed by atoms with Gasteiger partial charge in [-0.25, -0.2) is 15.0 Å². The quantitative estimate of drug-likeness (QED) is 0.766. The van der Waals surface area contributed by atoms with E-state index in [0.29, 0.717) is 38.2 Å². The van der Waals surface area contributed by atoms with E-state index in [9.17, 15) is 13.2 Å². The maximum Gasteiger partial charge on any atom is 0.417 e. The summed E-state index contributed by atoms with van der Waals surface area (Å²) in [5.41, 5.74) is 5.54. The van der Waals surface area contributed by atoms with Crippen molar-refractivity contribution in [1.29, 1.82) is 0 Å². The van der Waals surface area contributed by atoms with Gasteiger partial charge >= 0.3 is 6.18 Å². The Bertz CT molecular complexity index is 966. The van der Waals surface area contributed by atoms with Crippen LogP contribution in [0, 0.1) is 0 Å². The van der Waals surface area contributed by atoms with Crippen molar-refractivity contribution in [2.45, 2.75) is 18.6 Å². The standard InChI is InChI=1S/C19H21F3N6OS/c20-19(21,22)14-8-15(23)24-9-13(14)16-25-17(27-1-4-29-5-2-27)12-7-11-10-30-6-3-28(11)18(12)26-16/h8-9,11H,1-7,10H2,(H2,23,24)/t11-/m0/s1. The Morgan fingerprint density at radius 1 is 1.13 bits per heavy atom. The molecule has 3 aliphatic heterocycles. The van der Waals surface area contributed by atoms with E-state index in [1.165, 1.54) is 0 Å². The van der Waals surface area contributed by atoms with E-state index in [1.807, 2.05) is 11.8 Å². The smallest absolute Gasteiger partial charge is 0.384 e. The minimum Gasteiger partial charge on any atom is -0.384 e. The number of hydrogen-bond acceptors (Lipinski definition) is 8. The molecule has 2 aromatic rings. The van der Waals surface area contributed by atoms with Gasteiger partial charge in [-0.1, -0.05) is 0 Å². The number of ether oxygens (including phenoxy) is 1. The summed E-state index contributed by atoms with van der Waals surface area (Å²) in [6.45, 7) is 3.25. The zero-order valence-corrected chi connectivity index (χ0v) is 17.0. The number of alkyl halides is 3. The average Bonchev–Trinajstić information content (AvgIpc) is 3.12. The minimum absolute atomic E-state index is 0.0361. The molecule has 3 aliphatic rings. The number of rotatable bonds is 2. The van der Waals surface area contributed by atoms with Crippen LogP contribution in [0.25, 0.3) is 11.4 Å². The summed E-state index contributed by atoms with van der Waals surface area (Å²) in [6.07, 6.45) is -2.65. The lowest BCUT2D eigenvalue weighted by Gasteiger charge is -2.31. The average molecular weight is 438 g/mol. The normalized spacial score (nSPS) is 21.5. The molecule has 5 heterocycles. The Morgan fingerprint density at radius 2 is 1.90 bits per heavy atom. The van der Waals surface area contributed by atoms with Crippen LogP contribution < -0.4 is 15.5 Å². The van der Waals surface area contributed by atoms with Crippen molar-refractivity contribution in [2.75, 3.05) is 59.9 Å². The van der Waals surface area contributed by atoms with Crippen molar-refractivity contribution in [3.05, 3.63) is 23.4 Å². The predicted octanol–water partition coefficient (Wildman–Crippen LogP) is 2.45. The van der Waals surface area contributed by atoms with Crippen LogP contribution in [0.3, 0.4) is 0 Å². The van der Waals surface area contributed by atoms with Gasteiger partial charge in [-0.3, -0.25) is 0 Å². The fourth-order valence-electron chi connectivity index (χ4n) is 4.26. The number of anilines is 3. The third-order valence-electron chi connectivity index (χ3n) is 5.68. The summed E-state index contributed by atoms with van der Waals surface area (Å²) in [4.78, 5) is 17.5. The largest absolute Gasteiger partial charge is 0.417 e. The number of nitrogen functional groups attached to an aromatic ring is 1. The number of hydrogen-bond donors (Lipinski definition) is 1. The Balaban J connectivity index is 1.68. The molecular weight excluding hydrogens is 417 g/mol. The zero-order valence-electron chi connectivity index (χ0n) is 16.2. The second-order valence-electron chi connectivity index (χ2n) is 7.55. The van der Waals surface area contributed by atoms with E-state index in [2.05, 4.69) is 24.8 Å². The van der Waals surface area contributed by atoms with Crippen LogP contribution in [-0.4, -0.2) is 65.3 Å². The molecule has 0 bridgehead atoms. The molecule has 0 amide bonds. The summed E-state index contributed by atoms with van der Waals surface area (Å²) >= 11 is 1.90. The van der Waals surface area contributed by atoms with Crippen LogP contribution in [0.2, 0.25) is 0 Å². The monoisotopic (exact) mass is 438 g/mol. The lowest BCUT2D eigenvalue weighted by Crippen LogP contribution is -2.39. The Labute approximate surface area is 175 Å². The molecule has 0 unspecified atom stereocenters. The molecule has 30 heavy (non-hydrogen) atoms. The molecule has 7 nitrogen and oxygen atoms in total. The van der Waals surface area contributed by atoms with E-state index >= 15 is 0 Å². The van der Waals surface area contributed by atoms with E-state index in [-0.39, 0.29) is 17.2 Å². The van der Waals surface area contributed by atoms with Gasteiger partial charge < -0.3 is 20.3 Å². The predicted molar refractivity (Wildman–Crippen MR) is 110 cm³/mol. The highest BCUT2D eigenvalue weighted by molar-refractivity contribution is 7.99. The SMILES string of the molecule is Nc1cc(C(F)(F)F)c(-c2nc(N3CCOCC3)c3c(n2)N2CCSC[C@@H]2C3)cn1. The molecular formula is C19H21F3N6OS. The highest BCUT2D eigenvalue weighted by atomic mass is 32.2. The van der Waals surface area contributed by atoms with Crippen molar-refractivity contribution in [2.24, 2.45) is 0 Å². The van der Waals surface area contributed by atoms with Crippen LogP contribution in [0.1, 0.15) is 11.1 Å². The second-order valence-corrected chi connectivity index (χ2v) is 8.70. The highest BCUT2D eigenvalue weighted by Gasteiger charge is 2.39. The van der Waals surface area contributed by atoms with E-state index in [0.717, 1.165) is 48.1 Å². The number of nitrogens with zero attached hydrogens (tertiary/aromatic N) is 5. The molecule has 0 aromatic carbocycles. The Morgan fingerprint density at radius 3 is 2.67 bits per heavy atom. The number of fused-ring (bicyclic) bond motifs is 3. The van der Waals surface area contributed by atoms with Crippen LogP contribution in [0.5, 0.6) is 0 Å². The summed E-state index contributed by atoms with van der Waals surface area (Å²) in [5.74, 6) is 3.26. The first kappa shape index (κ1) is 19.7. The van der Waals surface area contributed by atoms with E-state index in [1.54, 1.807) is 0 Å². The van der Waals surface area contributed by atoms with Gasteiger partial charge in [-0.15, -0.1) is 0 Å². The first-order valence-corrected chi connectivity index (χ1v) is 11.0. The number of aromatic nitrogens is 3. The van der Waals surface area contributed by atoms with Crippen molar-refractivity contribution in [3.63, 3.8) is 0 Å². The molecule has 2 fully saturated rings. The third kappa shape index (κ3) is 3.43. The first-order chi connectivity index (χ1) is 14.4. The molecule has 0 saturated carbocycles. The number of nitrogens with two attached hydrogens (primary N) is 1. The summed E-state index contributed by atoms with van der Waals surface area (Å²) in [6, 6.07) is 1.15. The number of morpholine rings is 1. The fourth-order valence-corrected chi connectivity index (χ4v) is 5.32. The number of pyridine rings is 1. The molecule has 2 saturated heterocycles. The van der Waals surface area contributed by atoms with Crippen LogP contribution in [0.15, 0.2) is 12.3 Å². The van der Waals surface area contributed by atoms with E-state index in [4.69, 9.17) is 10.5 Å². The summed E-state index contributed by atoms with van der Waals surface area (Å²) < 4.78 is 46.7. The van der Waals surface area contributed by atoms with Gasteiger partial charge in [-0.05, 0) is 6.07 Å². The molecule has 5 rings (SSSR count). The molecule has 160 valence electrons. The number of halogens is 3. The van der Waals surface area contributed by atoms with Crippen LogP contribution in [0.4, 0.5) is 30.6 Å². The maximum atomic E-state index is 13.7. The van der Waals surface area contributed by atoms with Gasteiger partial charge in [-0.2, -0.15) is 24.9 Å². The molecule has 0 aliphatic carbocycles. The molecule has 11 heteroatoms. The van der Waals surface area contributed by atoms with Gasteiger partial charge in [0, 0.05) is 55.4 Å². The van der Waals surface area contributed by atoms with Gasteiger partial charge in [0.05, 0.1) is 24.3 Å². The van der Waals surface area contributed by atoms with Crippen LogP contribution in [-0.2, 0) is 17.3 Å². The van der Waals surface area contributed by atoms with Gasteiger partial charge in [0.2, 0.25) is 0 Å². The number of thioether (sulfide) groups is 1. The lowest BCUT2D eigenvalue weighted by atomic mass is 10.1. The topological polar surface area (TPSA) is 80.4 Å². The first-order valence-electron chi connectivity index (χ1n) is 9.83. The Hall–Kier alpha value is -2.27. The molecule has 2 aromatic heterocycles. The summed E-state index contributed by atoms with van der Waals surface area (Å²) in [7, 11) is 0. The third-order valence-corrected chi connectivity index (χ3v) is 6.78. The van der Waals surface area contributed by atoms with E-state index < -0.39 is 11.7 Å². The van der Waals surface area contributed by atoms with Gasteiger partial charge in [0.1, 0.15) is 17.5 Å². The van der Waals surface area contributed by atoms with Gasteiger partial charge in [0.15, 0.2) is 5.82 Å². The molecule has 0 radical (unpaired) electrons. The lowest BCUT2D eigenvalue weighted by molar-refractivity contribution is -0.137. The molecule has 1 atom stereocenters. The van der Waals surface area contributed by atoms with Crippen molar-refractivity contribution < 1.29 is 17.9 Å². The molecule has 0 spiro atoms. The fraction of sp³-hybridized carbons (Fsp3) is 0.526. The van der Waals surface area contributed by atoms with Crippen LogP contribution >= 0.6 is 11.8 Å². The van der Waals surface area contributed by atoms with Crippen molar-refractivity contribution in [3.8, 4) is 11.4 Å². The van der Waals surface area contributed by atoms with Crippen molar-refractivity contribution >= 4 is 29.2 Å². The zero-order chi connectivity index (χ0) is 20.9. The van der Waals surface area contributed by atoms with Gasteiger partial charge in [0.25, 0.3) is 0 Å². The highest BCUT2D eigenvalue weighted by Crippen LogP contribution is 2.42. The van der Waals surface area contributed by atoms with Crippen molar-refractivity contribution in [1.82, 2.24) is 15.0 Å². The molecule has 2 N–H and O–H groups in total. The Kier molecular flexibility index (Phi) is 4.89. The minimum atomic E-state index is -4.59. The summed E-state index contributed by atoms with van der Waals surface area (Å²) in [5, 5.41) is 0. The maximum absolute atomic E-state index is 13.7. The second kappa shape index (κ2) is 7.45.